The number of amides is 1. The Balaban J connectivity index is 1.90. The molecule has 0 radical (unpaired) electrons. The number of rotatable bonds is 4. The molecule has 0 spiro atoms. The van der Waals surface area contributed by atoms with Crippen molar-refractivity contribution in [3.05, 3.63) is 17.5 Å². The molecule has 1 heterocycles. The summed E-state index contributed by atoms with van der Waals surface area (Å²) in [4.78, 5) is 12.0. The Kier molecular flexibility index (Phi) is 4.81. The summed E-state index contributed by atoms with van der Waals surface area (Å²) in [7, 11) is 0. The summed E-state index contributed by atoms with van der Waals surface area (Å²) in [6.07, 6.45) is 5.95. The van der Waals surface area contributed by atoms with Gasteiger partial charge >= 0.3 is 0 Å². The zero-order valence-corrected chi connectivity index (χ0v) is 12.4. The second-order valence-electron chi connectivity index (χ2n) is 6.18. The Morgan fingerprint density at radius 3 is 2.60 bits per heavy atom. The minimum Gasteiger partial charge on any atom is -0.388 e. The SMILES string of the molecule is CC(C)c1cc(C(=O)NCC2(O)CCCCCC2)n[nH]1. The van der Waals surface area contributed by atoms with Gasteiger partial charge in [-0.1, -0.05) is 39.5 Å². The van der Waals surface area contributed by atoms with Gasteiger partial charge in [0.25, 0.3) is 5.91 Å². The molecule has 1 saturated carbocycles. The monoisotopic (exact) mass is 279 g/mol. The van der Waals surface area contributed by atoms with Crippen LogP contribution in [0.15, 0.2) is 6.07 Å². The maximum absolute atomic E-state index is 12.0. The van der Waals surface area contributed by atoms with Gasteiger partial charge in [-0.3, -0.25) is 9.89 Å². The molecule has 0 aliphatic heterocycles. The summed E-state index contributed by atoms with van der Waals surface area (Å²) >= 11 is 0. The smallest absolute Gasteiger partial charge is 0.271 e. The first-order chi connectivity index (χ1) is 9.50. The fourth-order valence-corrected chi connectivity index (χ4v) is 2.65. The third kappa shape index (κ3) is 3.82. The summed E-state index contributed by atoms with van der Waals surface area (Å²) < 4.78 is 0. The molecular formula is C15H25N3O2. The highest BCUT2D eigenvalue weighted by molar-refractivity contribution is 5.92. The molecule has 1 aliphatic rings. The van der Waals surface area contributed by atoms with Crippen LogP contribution in [0.3, 0.4) is 0 Å². The van der Waals surface area contributed by atoms with Crippen LogP contribution in [0.4, 0.5) is 0 Å². The molecule has 1 aromatic heterocycles. The van der Waals surface area contributed by atoms with Crippen molar-refractivity contribution < 1.29 is 9.90 Å². The summed E-state index contributed by atoms with van der Waals surface area (Å²) in [5.41, 5.74) is 0.595. The molecule has 0 unspecified atom stereocenters. The van der Waals surface area contributed by atoms with Crippen LogP contribution in [0.25, 0.3) is 0 Å². The van der Waals surface area contributed by atoms with Gasteiger partial charge in [0.05, 0.1) is 5.60 Å². The largest absolute Gasteiger partial charge is 0.388 e. The van der Waals surface area contributed by atoms with E-state index < -0.39 is 5.60 Å². The first-order valence-corrected chi connectivity index (χ1v) is 7.56. The highest BCUT2D eigenvalue weighted by Gasteiger charge is 2.28. The standard InChI is InChI=1S/C15H25N3O2/c1-11(2)12-9-13(18-17-12)14(19)16-10-15(20)7-5-3-4-6-8-15/h9,11,20H,3-8,10H2,1-2H3,(H,16,19)(H,17,18). The molecule has 1 aromatic rings. The lowest BCUT2D eigenvalue weighted by molar-refractivity contribution is 0.0246. The second kappa shape index (κ2) is 6.39. The Bertz CT molecular complexity index is 446. The maximum atomic E-state index is 12.0. The number of aliphatic hydroxyl groups is 1. The number of aromatic amines is 1. The van der Waals surface area contributed by atoms with Gasteiger partial charge in [-0.2, -0.15) is 5.10 Å². The Hall–Kier alpha value is -1.36. The molecule has 0 saturated heterocycles. The van der Waals surface area contributed by atoms with Crippen molar-refractivity contribution in [2.24, 2.45) is 0 Å². The van der Waals surface area contributed by atoms with E-state index in [1.54, 1.807) is 6.07 Å². The summed E-state index contributed by atoms with van der Waals surface area (Å²) in [6.45, 7) is 4.41. The highest BCUT2D eigenvalue weighted by Crippen LogP contribution is 2.26. The van der Waals surface area contributed by atoms with Gasteiger partial charge in [-0.05, 0) is 24.8 Å². The first-order valence-electron chi connectivity index (χ1n) is 7.56. The number of H-pyrrole nitrogens is 1. The number of aromatic nitrogens is 2. The molecular weight excluding hydrogens is 254 g/mol. The van der Waals surface area contributed by atoms with Crippen LogP contribution in [0.5, 0.6) is 0 Å². The van der Waals surface area contributed by atoms with E-state index in [-0.39, 0.29) is 5.91 Å². The number of hydrogen-bond acceptors (Lipinski definition) is 3. The van der Waals surface area contributed by atoms with E-state index in [4.69, 9.17) is 0 Å². The predicted molar refractivity (Wildman–Crippen MR) is 77.7 cm³/mol. The number of nitrogens with zero attached hydrogens (tertiary/aromatic N) is 1. The lowest BCUT2D eigenvalue weighted by Gasteiger charge is -2.26. The van der Waals surface area contributed by atoms with Gasteiger partial charge in [0.15, 0.2) is 0 Å². The molecule has 1 amide bonds. The molecule has 1 fully saturated rings. The average molecular weight is 279 g/mol. The molecule has 112 valence electrons. The van der Waals surface area contributed by atoms with Gasteiger partial charge in [0.1, 0.15) is 5.69 Å². The second-order valence-corrected chi connectivity index (χ2v) is 6.18. The minimum atomic E-state index is -0.747. The average Bonchev–Trinajstić information content (AvgIpc) is 2.81. The van der Waals surface area contributed by atoms with Gasteiger partial charge in [-0.25, -0.2) is 0 Å². The zero-order valence-electron chi connectivity index (χ0n) is 12.4. The fraction of sp³-hybridized carbons (Fsp3) is 0.733. The van der Waals surface area contributed by atoms with Gasteiger partial charge < -0.3 is 10.4 Å². The Labute approximate surface area is 120 Å². The number of carbonyl (C=O) groups excluding carboxylic acids is 1. The number of nitrogens with one attached hydrogen (secondary N) is 2. The summed E-state index contributed by atoms with van der Waals surface area (Å²) in [6, 6.07) is 1.77. The van der Waals surface area contributed by atoms with Crippen molar-refractivity contribution in [3.8, 4) is 0 Å². The van der Waals surface area contributed by atoms with Crippen LogP contribution in [0.2, 0.25) is 0 Å². The van der Waals surface area contributed by atoms with Crippen LogP contribution in [0, 0.1) is 0 Å². The third-order valence-corrected chi connectivity index (χ3v) is 4.06. The Morgan fingerprint density at radius 2 is 2.05 bits per heavy atom. The molecule has 20 heavy (non-hydrogen) atoms. The van der Waals surface area contributed by atoms with E-state index in [2.05, 4.69) is 15.5 Å². The molecule has 2 rings (SSSR count). The van der Waals surface area contributed by atoms with Crippen molar-refractivity contribution in [2.75, 3.05) is 6.54 Å². The van der Waals surface area contributed by atoms with Gasteiger partial charge in [0, 0.05) is 12.2 Å². The number of carbonyl (C=O) groups is 1. The van der Waals surface area contributed by atoms with Crippen molar-refractivity contribution in [1.82, 2.24) is 15.5 Å². The van der Waals surface area contributed by atoms with Crippen LogP contribution in [0.1, 0.15) is 74.5 Å². The van der Waals surface area contributed by atoms with Crippen LogP contribution < -0.4 is 5.32 Å². The molecule has 0 aromatic carbocycles. The quantitative estimate of drug-likeness (QED) is 0.740. The summed E-state index contributed by atoms with van der Waals surface area (Å²) in [5, 5.41) is 20.2. The van der Waals surface area contributed by atoms with E-state index in [1.165, 1.54) is 12.8 Å². The third-order valence-electron chi connectivity index (χ3n) is 4.06. The van der Waals surface area contributed by atoms with E-state index in [0.29, 0.717) is 18.2 Å². The molecule has 5 heteroatoms. The maximum Gasteiger partial charge on any atom is 0.271 e. The molecule has 5 nitrogen and oxygen atoms in total. The fourth-order valence-electron chi connectivity index (χ4n) is 2.65. The van der Waals surface area contributed by atoms with Gasteiger partial charge in [0.2, 0.25) is 0 Å². The zero-order chi connectivity index (χ0) is 14.6. The van der Waals surface area contributed by atoms with Crippen LogP contribution in [-0.2, 0) is 0 Å². The molecule has 0 atom stereocenters. The number of hydrogen-bond donors (Lipinski definition) is 3. The van der Waals surface area contributed by atoms with E-state index in [9.17, 15) is 9.90 Å². The first kappa shape index (κ1) is 15.0. The van der Waals surface area contributed by atoms with Crippen molar-refractivity contribution >= 4 is 5.91 Å². The Morgan fingerprint density at radius 1 is 1.40 bits per heavy atom. The van der Waals surface area contributed by atoms with Crippen molar-refractivity contribution in [3.63, 3.8) is 0 Å². The van der Waals surface area contributed by atoms with Gasteiger partial charge in [-0.15, -0.1) is 0 Å². The van der Waals surface area contributed by atoms with Crippen LogP contribution in [-0.4, -0.2) is 33.4 Å². The van der Waals surface area contributed by atoms with E-state index in [1.807, 2.05) is 13.8 Å². The van der Waals surface area contributed by atoms with Crippen molar-refractivity contribution in [1.29, 1.82) is 0 Å². The molecule has 3 N–H and O–H groups in total. The topological polar surface area (TPSA) is 78.0 Å². The van der Waals surface area contributed by atoms with E-state index in [0.717, 1.165) is 31.4 Å². The van der Waals surface area contributed by atoms with Crippen molar-refractivity contribution in [2.45, 2.75) is 63.9 Å². The lowest BCUT2D eigenvalue weighted by Crippen LogP contribution is -2.42. The predicted octanol–water partition coefficient (Wildman–Crippen LogP) is 2.35. The molecule has 0 bridgehead atoms. The normalized spacial score (nSPS) is 18.8. The summed E-state index contributed by atoms with van der Waals surface area (Å²) in [5.74, 6) is 0.0981. The lowest BCUT2D eigenvalue weighted by atomic mass is 9.94. The molecule has 1 aliphatic carbocycles. The van der Waals surface area contributed by atoms with E-state index >= 15 is 0 Å². The van der Waals surface area contributed by atoms with Crippen LogP contribution >= 0.6 is 0 Å². The minimum absolute atomic E-state index is 0.217. The highest BCUT2D eigenvalue weighted by atomic mass is 16.3.